The summed E-state index contributed by atoms with van der Waals surface area (Å²) in [6.45, 7) is 7.89. The first kappa shape index (κ1) is 21.0. The molecule has 1 aliphatic rings. The molecular formula is C21H43NO. The SMILES string of the molecule is CC(C)CCCCCCCCCCCCCCCNCC1CO1. The lowest BCUT2D eigenvalue weighted by Crippen LogP contribution is -2.20. The van der Waals surface area contributed by atoms with Crippen molar-refractivity contribution in [1.29, 1.82) is 0 Å². The molecule has 1 heterocycles. The zero-order chi connectivity index (χ0) is 16.6. The van der Waals surface area contributed by atoms with Crippen molar-refractivity contribution in [3.63, 3.8) is 0 Å². The Morgan fingerprint density at radius 2 is 1.17 bits per heavy atom. The number of nitrogens with one attached hydrogen (secondary N) is 1. The molecule has 1 rings (SSSR count). The molecule has 0 radical (unpaired) electrons. The molecule has 1 aliphatic heterocycles. The number of epoxide rings is 1. The third-order valence-corrected chi connectivity index (χ3v) is 4.91. The monoisotopic (exact) mass is 325 g/mol. The summed E-state index contributed by atoms with van der Waals surface area (Å²) < 4.78 is 5.18. The smallest absolute Gasteiger partial charge is 0.0933 e. The highest BCUT2D eigenvalue weighted by Crippen LogP contribution is 2.14. The summed E-state index contributed by atoms with van der Waals surface area (Å²) in [5, 5.41) is 3.47. The first-order valence-corrected chi connectivity index (χ1v) is 10.6. The molecule has 0 aromatic heterocycles. The summed E-state index contributed by atoms with van der Waals surface area (Å²) in [4.78, 5) is 0. The number of hydrogen-bond acceptors (Lipinski definition) is 2. The minimum absolute atomic E-state index is 0.537. The molecule has 1 saturated heterocycles. The first-order valence-electron chi connectivity index (χ1n) is 10.6. The van der Waals surface area contributed by atoms with Crippen LogP contribution in [-0.4, -0.2) is 25.8 Å². The second-order valence-corrected chi connectivity index (χ2v) is 7.94. The zero-order valence-corrected chi connectivity index (χ0v) is 16.1. The molecule has 2 heteroatoms. The standard InChI is InChI=1S/C21H43NO/c1-20(2)16-14-12-10-8-6-4-3-5-7-9-11-13-15-17-22-18-21-19-23-21/h20-22H,3-19H2,1-2H3. The van der Waals surface area contributed by atoms with Crippen LogP contribution in [0.5, 0.6) is 0 Å². The molecule has 0 saturated carbocycles. The summed E-state index contributed by atoms with van der Waals surface area (Å²) in [6, 6.07) is 0. The van der Waals surface area contributed by atoms with Gasteiger partial charge >= 0.3 is 0 Å². The Balaban J connectivity index is 1.60. The quantitative estimate of drug-likeness (QED) is 0.243. The van der Waals surface area contributed by atoms with E-state index in [0.717, 1.165) is 19.1 Å². The van der Waals surface area contributed by atoms with Crippen molar-refractivity contribution in [3.05, 3.63) is 0 Å². The lowest BCUT2D eigenvalue weighted by atomic mass is 10.0. The number of rotatable bonds is 18. The average Bonchev–Trinajstić information content (AvgIpc) is 3.34. The predicted octanol–water partition coefficient (Wildman–Crippen LogP) is 6.09. The summed E-state index contributed by atoms with van der Waals surface area (Å²) in [7, 11) is 0. The third-order valence-electron chi connectivity index (χ3n) is 4.91. The van der Waals surface area contributed by atoms with Crippen LogP contribution in [0.3, 0.4) is 0 Å². The molecule has 1 unspecified atom stereocenters. The Hall–Kier alpha value is -0.0800. The maximum Gasteiger partial charge on any atom is 0.0933 e. The van der Waals surface area contributed by atoms with E-state index in [4.69, 9.17) is 4.74 Å². The Labute approximate surface area is 146 Å². The van der Waals surface area contributed by atoms with Gasteiger partial charge in [-0.15, -0.1) is 0 Å². The Bertz CT molecular complexity index is 222. The van der Waals surface area contributed by atoms with Gasteiger partial charge in [-0.25, -0.2) is 0 Å². The molecule has 0 amide bonds. The molecule has 1 atom stereocenters. The topological polar surface area (TPSA) is 24.6 Å². The van der Waals surface area contributed by atoms with Crippen LogP contribution in [0.25, 0.3) is 0 Å². The van der Waals surface area contributed by atoms with Crippen molar-refractivity contribution in [2.75, 3.05) is 19.7 Å². The van der Waals surface area contributed by atoms with Crippen molar-refractivity contribution >= 4 is 0 Å². The van der Waals surface area contributed by atoms with Gasteiger partial charge in [0.1, 0.15) is 0 Å². The van der Waals surface area contributed by atoms with Gasteiger partial charge < -0.3 is 10.1 Å². The Morgan fingerprint density at radius 1 is 0.739 bits per heavy atom. The van der Waals surface area contributed by atoms with E-state index in [1.54, 1.807) is 0 Å². The molecule has 1 fully saturated rings. The van der Waals surface area contributed by atoms with Crippen LogP contribution in [0.2, 0.25) is 0 Å². The van der Waals surface area contributed by atoms with E-state index in [-0.39, 0.29) is 0 Å². The molecule has 0 aromatic carbocycles. The van der Waals surface area contributed by atoms with Gasteiger partial charge in [0.05, 0.1) is 12.7 Å². The zero-order valence-electron chi connectivity index (χ0n) is 16.1. The van der Waals surface area contributed by atoms with Crippen molar-refractivity contribution in [1.82, 2.24) is 5.32 Å². The summed E-state index contributed by atoms with van der Waals surface area (Å²) in [5.74, 6) is 0.892. The van der Waals surface area contributed by atoms with E-state index in [0.29, 0.717) is 6.10 Å². The van der Waals surface area contributed by atoms with E-state index in [1.807, 2.05) is 0 Å². The minimum Gasteiger partial charge on any atom is -0.372 e. The maximum atomic E-state index is 5.18. The van der Waals surface area contributed by atoms with Crippen LogP contribution in [-0.2, 0) is 4.74 Å². The molecule has 23 heavy (non-hydrogen) atoms. The van der Waals surface area contributed by atoms with Crippen molar-refractivity contribution in [2.24, 2.45) is 5.92 Å². The van der Waals surface area contributed by atoms with Crippen LogP contribution in [0.4, 0.5) is 0 Å². The molecule has 0 aromatic rings. The van der Waals surface area contributed by atoms with E-state index < -0.39 is 0 Å². The largest absolute Gasteiger partial charge is 0.372 e. The molecule has 2 nitrogen and oxygen atoms in total. The van der Waals surface area contributed by atoms with Crippen LogP contribution in [0.15, 0.2) is 0 Å². The number of hydrogen-bond donors (Lipinski definition) is 1. The van der Waals surface area contributed by atoms with Crippen molar-refractivity contribution in [3.8, 4) is 0 Å². The summed E-state index contributed by atoms with van der Waals surface area (Å²) >= 11 is 0. The fraction of sp³-hybridized carbons (Fsp3) is 1.00. The normalized spacial score (nSPS) is 17.1. The van der Waals surface area contributed by atoms with Crippen molar-refractivity contribution in [2.45, 2.75) is 110 Å². The fourth-order valence-electron chi connectivity index (χ4n) is 3.20. The van der Waals surface area contributed by atoms with Crippen LogP contribution < -0.4 is 5.32 Å². The van der Waals surface area contributed by atoms with E-state index in [2.05, 4.69) is 19.2 Å². The number of ether oxygens (including phenoxy) is 1. The van der Waals surface area contributed by atoms with E-state index >= 15 is 0 Å². The summed E-state index contributed by atoms with van der Waals surface area (Å²) in [6.07, 6.45) is 20.7. The van der Waals surface area contributed by atoms with Gasteiger partial charge in [0.25, 0.3) is 0 Å². The number of unbranched alkanes of at least 4 members (excludes halogenated alkanes) is 12. The Morgan fingerprint density at radius 3 is 1.61 bits per heavy atom. The Kier molecular flexibility index (Phi) is 14.1. The molecule has 138 valence electrons. The molecule has 0 bridgehead atoms. The lowest BCUT2D eigenvalue weighted by molar-refractivity contribution is 0.395. The molecule has 1 N–H and O–H groups in total. The van der Waals surface area contributed by atoms with E-state index in [1.165, 1.54) is 96.4 Å². The van der Waals surface area contributed by atoms with Gasteiger partial charge in [0, 0.05) is 6.54 Å². The van der Waals surface area contributed by atoms with Gasteiger partial charge in [-0.1, -0.05) is 97.3 Å². The van der Waals surface area contributed by atoms with Crippen molar-refractivity contribution < 1.29 is 4.74 Å². The van der Waals surface area contributed by atoms with Crippen LogP contribution in [0, 0.1) is 5.92 Å². The second-order valence-electron chi connectivity index (χ2n) is 7.94. The second kappa shape index (κ2) is 15.4. The van der Waals surface area contributed by atoms with E-state index in [9.17, 15) is 0 Å². The van der Waals surface area contributed by atoms with Gasteiger partial charge in [0.15, 0.2) is 0 Å². The molecule has 0 aliphatic carbocycles. The van der Waals surface area contributed by atoms with Gasteiger partial charge in [-0.3, -0.25) is 0 Å². The minimum atomic E-state index is 0.537. The van der Waals surface area contributed by atoms with Gasteiger partial charge in [-0.2, -0.15) is 0 Å². The third kappa shape index (κ3) is 16.6. The lowest BCUT2D eigenvalue weighted by Gasteiger charge is -2.05. The highest BCUT2D eigenvalue weighted by atomic mass is 16.6. The van der Waals surface area contributed by atoms with Gasteiger partial charge in [0.2, 0.25) is 0 Å². The molecular weight excluding hydrogens is 282 g/mol. The highest BCUT2D eigenvalue weighted by molar-refractivity contribution is 4.71. The highest BCUT2D eigenvalue weighted by Gasteiger charge is 2.20. The summed E-state index contributed by atoms with van der Waals surface area (Å²) in [5.41, 5.74) is 0. The first-order chi connectivity index (χ1) is 11.3. The predicted molar refractivity (Wildman–Crippen MR) is 102 cm³/mol. The maximum absolute atomic E-state index is 5.18. The van der Waals surface area contributed by atoms with Crippen LogP contribution in [0.1, 0.15) is 104 Å². The molecule has 0 spiro atoms. The van der Waals surface area contributed by atoms with Gasteiger partial charge in [-0.05, 0) is 18.9 Å². The van der Waals surface area contributed by atoms with Crippen LogP contribution >= 0.6 is 0 Å². The average molecular weight is 326 g/mol. The fourth-order valence-corrected chi connectivity index (χ4v) is 3.20.